The van der Waals surface area contributed by atoms with Gasteiger partial charge in [0.25, 0.3) is 10.2 Å². The molecule has 0 radical (unpaired) electrons. The maximum Gasteiger partial charge on any atom is 0.354 e. The van der Waals surface area contributed by atoms with E-state index in [2.05, 4.69) is 14.4 Å². The molecule has 0 unspecified atom stereocenters. The lowest BCUT2D eigenvalue weighted by molar-refractivity contribution is 0.0690. The van der Waals surface area contributed by atoms with Crippen LogP contribution in [0.4, 0.5) is 5.69 Å². The highest BCUT2D eigenvalue weighted by Crippen LogP contribution is 2.09. The maximum atomic E-state index is 11.3. The number of carboxylic acid groups (broad SMARTS) is 1. The highest BCUT2D eigenvalue weighted by molar-refractivity contribution is 7.90. The molecule has 0 fully saturated rings. The smallest absolute Gasteiger partial charge is 0.354 e. The van der Waals surface area contributed by atoms with Crippen LogP contribution in [0.25, 0.3) is 0 Å². The number of aromatic nitrogens is 1. The summed E-state index contributed by atoms with van der Waals surface area (Å²) in [5.74, 6) is -1.22. The third-order valence-corrected chi connectivity index (χ3v) is 2.74. The average Bonchev–Trinajstić information content (AvgIpc) is 2.17. The molecule has 16 heavy (non-hydrogen) atoms. The van der Waals surface area contributed by atoms with E-state index in [1.54, 1.807) is 6.92 Å². The van der Waals surface area contributed by atoms with Crippen molar-refractivity contribution in [3.8, 4) is 0 Å². The average molecular weight is 245 g/mol. The molecule has 0 aliphatic rings. The summed E-state index contributed by atoms with van der Waals surface area (Å²) in [5, 5.41) is 8.66. The number of hydrogen-bond donors (Lipinski definition) is 3. The minimum absolute atomic E-state index is 0.147. The van der Waals surface area contributed by atoms with Gasteiger partial charge >= 0.3 is 5.97 Å². The fourth-order valence-electron chi connectivity index (χ4n) is 0.992. The van der Waals surface area contributed by atoms with Gasteiger partial charge in [-0.1, -0.05) is 6.92 Å². The molecule has 0 bridgehead atoms. The van der Waals surface area contributed by atoms with E-state index in [0.29, 0.717) is 0 Å². The zero-order valence-corrected chi connectivity index (χ0v) is 9.28. The zero-order valence-electron chi connectivity index (χ0n) is 8.47. The molecule has 0 atom stereocenters. The molecule has 8 heteroatoms. The Balaban J connectivity index is 2.90. The first-order valence-corrected chi connectivity index (χ1v) is 5.89. The van der Waals surface area contributed by atoms with Crippen LogP contribution in [-0.2, 0) is 10.2 Å². The minimum Gasteiger partial charge on any atom is -0.477 e. The molecule has 1 aromatic heterocycles. The van der Waals surface area contributed by atoms with Gasteiger partial charge in [0.2, 0.25) is 0 Å². The van der Waals surface area contributed by atoms with E-state index in [1.165, 1.54) is 12.3 Å². The molecule has 0 aliphatic heterocycles. The second kappa shape index (κ2) is 4.90. The van der Waals surface area contributed by atoms with Crippen LogP contribution in [0.2, 0.25) is 0 Å². The van der Waals surface area contributed by atoms with Crippen molar-refractivity contribution in [2.45, 2.75) is 6.92 Å². The van der Waals surface area contributed by atoms with Crippen molar-refractivity contribution in [3.63, 3.8) is 0 Å². The number of nitrogens with one attached hydrogen (secondary N) is 2. The van der Waals surface area contributed by atoms with E-state index >= 15 is 0 Å². The molecule has 0 amide bonds. The lowest BCUT2D eigenvalue weighted by Gasteiger charge is -2.07. The van der Waals surface area contributed by atoms with Gasteiger partial charge < -0.3 is 5.11 Å². The third-order valence-electron chi connectivity index (χ3n) is 1.57. The highest BCUT2D eigenvalue weighted by atomic mass is 32.2. The number of nitrogens with zero attached hydrogens (tertiary/aromatic N) is 1. The van der Waals surface area contributed by atoms with E-state index in [0.717, 1.165) is 6.07 Å². The van der Waals surface area contributed by atoms with Gasteiger partial charge in [-0.2, -0.15) is 13.1 Å². The Labute approximate surface area is 92.7 Å². The van der Waals surface area contributed by atoms with Crippen LogP contribution in [0.1, 0.15) is 17.4 Å². The summed E-state index contributed by atoms with van der Waals surface area (Å²) in [6, 6.07) is 2.50. The van der Waals surface area contributed by atoms with Crippen molar-refractivity contribution in [2.24, 2.45) is 0 Å². The Morgan fingerprint density at radius 3 is 2.81 bits per heavy atom. The summed E-state index contributed by atoms with van der Waals surface area (Å²) >= 11 is 0. The van der Waals surface area contributed by atoms with Crippen LogP contribution < -0.4 is 9.44 Å². The SMILES string of the molecule is CCNS(=O)(=O)Nc1ccnc(C(=O)O)c1. The van der Waals surface area contributed by atoms with Gasteiger partial charge in [-0.3, -0.25) is 4.72 Å². The number of carboxylic acids is 1. The molecule has 88 valence electrons. The predicted octanol–water partition coefficient (Wildman–Crippen LogP) is 0.0460. The topological polar surface area (TPSA) is 108 Å². The molecule has 0 aromatic carbocycles. The highest BCUT2D eigenvalue weighted by Gasteiger charge is 2.10. The quantitative estimate of drug-likeness (QED) is 0.679. The molecule has 7 nitrogen and oxygen atoms in total. The van der Waals surface area contributed by atoms with Crippen molar-refractivity contribution < 1.29 is 18.3 Å². The van der Waals surface area contributed by atoms with E-state index in [-0.39, 0.29) is 17.9 Å². The minimum atomic E-state index is -3.65. The van der Waals surface area contributed by atoms with Crippen LogP contribution in [0.15, 0.2) is 18.3 Å². The van der Waals surface area contributed by atoms with Gasteiger partial charge in [0.1, 0.15) is 5.69 Å². The van der Waals surface area contributed by atoms with Gasteiger partial charge in [-0.25, -0.2) is 9.78 Å². The molecule has 0 spiro atoms. The van der Waals surface area contributed by atoms with Crippen molar-refractivity contribution in [1.82, 2.24) is 9.71 Å². The van der Waals surface area contributed by atoms with Crippen molar-refractivity contribution in [1.29, 1.82) is 0 Å². The molecule has 0 saturated heterocycles. The zero-order chi connectivity index (χ0) is 12.2. The van der Waals surface area contributed by atoms with Crippen LogP contribution in [0, 0.1) is 0 Å². The Kier molecular flexibility index (Phi) is 3.80. The molecule has 0 saturated carbocycles. The van der Waals surface area contributed by atoms with Gasteiger partial charge in [0, 0.05) is 12.7 Å². The Morgan fingerprint density at radius 1 is 1.56 bits per heavy atom. The predicted molar refractivity (Wildman–Crippen MR) is 57.4 cm³/mol. The standard InChI is InChI=1S/C8H11N3O4S/c1-2-10-16(14,15)11-6-3-4-9-7(5-6)8(12)13/h3-5,10H,2H2,1H3,(H,9,11)(H,12,13). The van der Waals surface area contributed by atoms with E-state index < -0.39 is 16.2 Å². The normalized spacial score (nSPS) is 11.1. The van der Waals surface area contributed by atoms with Gasteiger partial charge in [0.05, 0.1) is 5.69 Å². The lowest BCUT2D eigenvalue weighted by Crippen LogP contribution is -2.29. The van der Waals surface area contributed by atoms with Crippen molar-refractivity contribution in [3.05, 3.63) is 24.0 Å². The van der Waals surface area contributed by atoms with Crippen molar-refractivity contribution in [2.75, 3.05) is 11.3 Å². The number of hydrogen-bond acceptors (Lipinski definition) is 4. The van der Waals surface area contributed by atoms with Crippen molar-refractivity contribution >= 4 is 21.9 Å². The van der Waals surface area contributed by atoms with E-state index in [4.69, 9.17) is 5.11 Å². The summed E-state index contributed by atoms with van der Waals surface area (Å²) < 4.78 is 27.0. The number of pyridine rings is 1. The number of anilines is 1. The Bertz CT molecular complexity index is 486. The first kappa shape index (κ1) is 12.4. The van der Waals surface area contributed by atoms with E-state index in [9.17, 15) is 13.2 Å². The van der Waals surface area contributed by atoms with Gasteiger partial charge in [-0.05, 0) is 12.1 Å². The lowest BCUT2D eigenvalue weighted by atomic mass is 10.3. The fraction of sp³-hybridized carbons (Fsp3) is 0.250. The fourth-order valence-corrected chi connectivity index (χ4v) is 1.88. The van der Waals surface area contributed by atoms with Crippen LogP contribution in [0.3, 0.4) is 0 Å². The molecule has 1 rings (SSSR count). The maximum absolute atomic E-state index is 11.3. The summed E-state index contributed by atoms with van der Waals surface area (Å²) in [6.07, 6.45) is 1.22. The Morgan fingerprint density at radius 2 is 2.25 bits per heavy atom. The first-order valence-electron chi connectivity index (χ1n) is 4.41. The largest absolute Gasteiger partial charge is 0.477 e. The monoisotopic (exact) mass is 245 g/mol. The molecule has 0 aliphatic carbocycles. The summed E-state index contributed by atoms with van der Waals surface area (Å²) in [4.78, 5) is 14.1. The molecule has 1 aromatic rings. The van der Waals surface area contributed by atoms with Gasteiger partial charge in [-0.15, -0.1) is 0 Å². The van der Waals surface area contributed by atoms with Gasteiger partial charge in [0.15, 0.2) is 0 Å². The molecule has 3 N–H and O–H groups in total. The molecular weight excluding hydrogens is 234 g/mol. The van der Waals surface area contributed by atoms with Crippen LogP contribution in [-0.4, -0.2) is 31.0 Å². The summed E-state index contributed by atoms with van der Waals surface area (Å²) in [7, 11) is -3.65. The second-order valence-corrected chi connectivity index (χ2v) is 4.34. The number of rotatable bonds is 5. The Hall–Kier alpha value is -1.67. The molecular formula is C8H11N3O4S. The first-order chi connectivity index (χ1) is 7.44. The third kappa shape index (κ3) is 3.48. The second-order valence-electron chi connectivity index (χ2n) is 2.84. The molecule has 1 heterocycles. The van der Waals surface area contributed by atoms with Crippen LogP contribution in [0.5, 0.6) is 0 Å². The number of carbonyl (C=O) groups is 1. The van der Waals surface area contributed by atoms with Crippen LogP contribution >= 0.6 is 0 Å². The summed E-state index contributed by atoms with van der Waals surface area (Å²) in [5.41, 5.74) is -0.0787. The number of aromatic carboxylic acids is 1. The summed E-state index contributed by atoms with van der Waals surface area (Å²) in [6.45, 7) is 1.88. The van der Waals surface area contributed by atoms with E-state index in [1.807, 2.05) is 0 Å².